The van der Waals surface area contributed by atoms with Crippen molar-refractivity contribution in [1.29, 1.82) is 0 Å². The molecule has 6 nitrogen and oxygen atoms in total. The zero-order valence-corrected chi connectivity index (χ0v) is 12.8. The predicted octanol–water partition coefficient (Wildman–Crippen LogP) is 2.12. The first kappa shape index (κ1) is 16.9. The van der Waals surface area contributed by atoms with Crippen molar-refractivity contribution in [2.75, 3.05) is 19.7 Å². The van der Waals surface area contributed by atoms with Crippen LogP contribution in [0.4, 0.5) is 13.2 Å². The van der Waals surface area contributed by atoms with Crippen molar-refractivity contribution < 1.29 is 22.4 Å². The normalized spacial score (nSPS) is 19.6. The molecule has 0 amide bonds. The maximum atomic E-state index is 12.8. The molecule has 2 heterocycles. The molecule has 0 saturated carbocycles. The van der Waals surface area contributed by atoms with Crippen molar-refractivity contribution in [2.45, 2.75) is 25.4 Å². The summed E-state index contributed by atoms with van der Waals surface area (Å²) in [6, 6.07) is 5.23. The molecule has 1 aliphatic rings. The third-order valence-electron chi connectivity index (χ3n) is 3.79. The van der Waals surface area contributed by atoms with E-state index in [2.05, 4.69) is 10.1 Å². The molecule has 0 spiro atoms. The highest BCUT2D eigenvalue weighted by Gasteiger charge is 2.32. The molecule has 1 aromatic heterocycles. The molecule has 1 aliphatic heterocycles. The van der Waals surface area contributed by atoms with Gasteiger partial charge in [-0.05, 0) is 17.7 Å². The number of halogens is 3. The second kappa shape index (κ2) is 6.88. The first-order chi connectivity index (χ1) is 11.5. The molecule has 2 N–H and O–H groups in total. The van der Waals surface area contributed by atoms with Gasteiger partial charge in [-0.15, -0.1) is 0 Å². The molecular formula is C15H17F3N4O2. The molecule has 2 aromatic rings. The highest BCUT2D eigenvalue weighted by Crippen LogP contribution is 2.32. The van der Waals surface area contributed by atoms with Gasteiger partial charge in [0.2, 0.25) is 5.89 Å². The Labute approximate surface area is 136 Å². The van der Waals surface area contributed by atoms with Crippen molar-refractivity contribution >= 4 is 0 Å². The van der Waals surface area contributed by atoms with E-state index in [9.17, 15) is 13.2 Å². The molecule has 3 rings (SSSR count). The smallest absolute Gasteiger partial charge is 0.371 e. The number of benzene rings is 1. The standard InChI is InChI=1S/C15H17F3N4O2/c16-15(17,18)11-3-1-2-10(6-11)12-8-22(4-5-23-12)9-13-20-14(7-19)24-21-13/h1-3,6,12H,4-5,7-9,19H2. The second-order valence-electron chi connectivity index (χ2n) is 5.53. The fourth-order valence-electron chi connectivity index (χ4n) is 2.60. The van der Waals surface area contributed by atoms with E-state index in [1.807, 2.05) is 4.90 Å². The zero-order chi connectivity index (χ0) is 17.2. The topological polar surface area (TPSA) is 77.4 Å². The van der Waals surface area contributed by atoms with Crippen LogP contribution in [0.15, 0.2) is 28.8 Å². The van der Waals surface area contributed by atoms with Crippen LogP contribution >= 0.6 is 0 Å². The predicted molar refractivity (Wildman–Crippen MR) is 77.6 cm³/mol. The fraction of sp³-hybridized carbons (Fsp3) is 0.467. The molecule has 1 saturated heterocycles. The number of hydrogen-bond donors (Lipinski definition) is 1. The minimum atomic E-state index is -4.37. The highest BCUT2D eigenvalue weighted by molar-refractivity contribution is 5.27. The average molecular weight is 342 g/mol. The maximum Gasteiger partial charge on any atom is 0.416 e. The van der Waals surface area contributed by atoms with Gasteiger partial charge in [0.1, 0.15) is 0 Å². The molecule has 0 radical (unpaired) electrons. The lowest BCUT2D eigenvalue weighted by Crippen LogP contribution is -2.38. The van der Waals surface area contributed by atoms with Gasteiger partial charge in [0.15, 0.2) is 5.82 Å². The van der Waals surface area contributed by atoms with Crippen LogP contribution < -0.4 is 5.73 Å². The molecule has 1 unspecified atom stereocenters. The van der Waals surface area contributed by atoms with Crippen molar-refractivity contribution in [3.05, 3.63) is 47.1 Å². The minimum absolute atomic E-state index is 0.170. The zero-order valence-electron chi connectivity index (χ0n) is 12.8. The van der Waals surface area contributed by atoms with Crippen molar-refractivity contribution in [3.63, 3.8) is 0 Å². The second-order valence-corrected chi connectivity index (χ2v) is 5.53. The Morgan fingerprint density at radius 1 is 1.33 bits per heavy atom. The van der Waals surface area contributed by atoms with Gasteiger partial charge in [-0.3, -0.25) is 4.90 Å². The lowest BCUT2D eigenvalue weighted by Gasteiger charge is -2.32. The van der Waals surface area contributed by atoms with Crippen LogP contribution in [0, 0.1) is 0 Å². The van der Waals surface area contributed by atoms with Crippen molar-refractivity contribution in [3.8, 4) is 0 Å². The molecule has 9 heteroatoms. The summed E-state index contributed by atoms with van der Waals surface area (Å²) in [4.78, 5) is 6.15. The van der Waals surface area contributed by atoms with E-state index in [4.69, 9.17) is 15.0 Å². The fourth-order valence-corrected chi connectivity index (χ4v) is 2.60. The molecule has 1 fully saturated rings. The average Bonchev–Trinajstić information content (AvgIpc) is 3.02. The number of ether oxygens (including phenoxy) is 1. The summed E-state index contributed by atoms with van der Waals surface area (Å²) in [5.74, 6) is 0.854. The third-order valence-corrected chi connectivity index (χ3v) is 3.79. The van der Waals surface area contributed by atoms with Gasteiger partial charge in [-0.1, -0.05) is 17.3 Å². The highest BCUT2D eigenvalue weighted by atomic mass is 19.4. The summed E-state index contributed by atoms with van der Waals surface area (Å²) in [5.41, 5.74) is 5.25. The van der Waals surface area contributed by atoms with E-state index in [0.29, 0.717) is 43.5 Å². The molecule has 130 valence electrons. The number of aromatic nitrogens is 2. The Bertz CT molecular complexity index is 689. The number of nitrogens with zero attached hydrogens (tertiary/aromatic N) is 3. The van der Waals surface area contributed by atoms with Gasteiger partial charge in [0.25, 0.3) is 0 Å². The number of morpholine rings is 1. The number of nitrogens with two attached hydrogens (primary N) is 1. The Kier molecular flexibility index (Phi) is 4.83. The lowest BCUT2D eigenvalue weighted by molar-refractivity contribution is -0.137. The van der Waals surface area contributed by atoms with Gasteiger partial charge in [0, 0.05) is 13.1 Å². The summed E-state index contributed by atoms with van der Waals surface area (Å²) < 4.78 is 49.1. The van der Waals surface area contributed by atoms with Crippen molar-refractivity contribution in [1.82, 2.24) is 15.0 Å². The van der Waals surface area contributed by atoms with Crippen LogP contribution in [0.25, 0.3) is 0 Å². The van der Waals surface area contributed by atoms with Crippen LogP contribution in [0.5, 0.6) is 0 Å². The molecule has 0 aliphatic carbocycles. The van der Waals surface area contributed by atoms with E-state index in [-0.39, 0.29) is 6.54 Å². The monoisotopic (exact) mass is 342 g/mol. The Morgan fingerprint density at radius 2 is 2.17 bits per heavy atom. The largest absolute Gasteiger partial charge is 0.416 e. The van der Waals surface area contributed by atoms with Gasteiger partial charge in [-0.2, -0.15) is 18.2 Å². The van der Waals surface area contributed by atoms with Gasteiger partial charge in [-0.25, -0.2) is 0 Å². The number of rotatable bonds is 4. The molecule has 0 bridgehead atoms. The summed E-state index contributed by atoms with van der Waals surface area (Å²) in [6.07, 6.45) is -4.80. The maximum absolute atomic E-state index is 12.8. The minimum Gasteiger partial charge on any atom is -0.371 e. The van der Waals surface area contributed by atoms with Crippen LogP contribution in [-0.4, -0.2) is 34.7 Å². The Morgan fingerprint density at radius 3 is 2.88 bits per heavy atom. The first-order valence-corrected chi connectivity index (χ1v) is 7.48. The summed E-state index contributed by atoms with van der Waals surface area (Å²) >= 11 is 0. The molecule has 1 aromatic carbocycles. The van der Waals surface area contributed by atoms with E-state index in [1.54, 1.807) is 6.07 Å². The van der Waals surface area contributed by atoms with Crippen LogP contribution in [-0.2, 0) is 24.0 Å². The van der Waals surface area contributed by atoms with Gasteiger partial charge < -0.3 is 15.0 Å². The van der Waals surface area contributed by atoms with Gasteiger partial charge >= 0.3 is 6.18 Å². The number of alkyl halides is 3. The number of hydrogen-bond acceptors (Lipinski definition) is 6. The Hall–Kier alpha value is -1.97. The van der Waals surface area contributed by atoms with Crippen molar-refractivity contribution in [2.24, 2.45) is 5.73 Å². The lowest BCUT2D eigenvalue weighted by atomic mass is 10.0. The first-order valence-electron chi connectivity index (χ1n) is 7.48. The van der Waals surface area contributed by atoms with E-state index in [1.165, 1.54) is 6.07 Å². The molecule has 1 atom stereocenters. The molecule has 24 heavy (non-hydrogen) atoms. The van der Waals surface area contributed by atoms with E-state index in [0.717, 1.165) is 12.1 Å². The van der Waals surface area contributed by atoms with Crippen LogP contribution in [0.3, 0.4) is 0 Å². The third kappa shape index (κ3) is 3.92. The summed E-state index contributed by atoms with van der Waals surface area (Å²) in [7, 11) is 0. The quantitative estimate of drug-likeness (QED) is 0.917. The van der Waals surface area contributed by atoms with Crippen LogP contribution in [0.1, 0.15) is 28.9 Å². The Balaban J connectivity index is 1.69. The van der Waals surface area contributed by atoms with Gasteiger partial charge in [0.05, 0.1) is 31.4 Å². The SMILES string of the molecule is NCc1nc(CN2CCOC(c3cccc(C(F)(F)F)c3)C2)no1. The summed E-state index contributed by atoms with van der Waals surface area (Å²) in [5, 5.41) is 3.83. The summed E-state index contributed by atoms with van der Waals surface area (Å²) in [6.45, 7) is 2.11. The van der Waals surface area contributed by atoms with Crippen LogP contribution in [0.2, 0.25) is 0 Å². The molecular weight excluding hydrogens is 325 g/mol. The van der Waals surface area contributed by atoms with E-state index >= 15 is 0 Å². The van der Waals surface area contributed by atoms with E-state index < -0.39 is 17.8 Å².